The van der Waals surface area contributed by atoms with Crippen molar-refractivity contribution < 1.29 is 0 Å². The van der Waals surface area contributed by atoms with Crippen molar-refractivity contribution in [3.05, 3.63) is 0 Å². The first-order valence-corrected chi connectivity index (χ1v) is 6.24. The van der Waals surface area contributed by atoms with E-state index in [0.29, 0.717) is 0 Å². The molecule has 0 aliphatic heterocycles. The summed E-state index contributed by atoms with van der Waals surface area (Å²) in [4.78, 5) is 0. The zero-order valence-corrected chi connectivity index (χ0v) is 10.7. The summed E-state index contributed by atoms with van der Waals surface area (Å²) in [6, 6.07) is 0. The minimum atomic E-state index is 0.937. The van der Waals surface area contributed by atoms with Crippen LogP contribution in [0.4, 0.5) is 0 Å². The summed E-state index contributed by atoms with van der Waals surface area (Å²) >= 11 is 0. The van der Waals surface area contributed by atoms with Crippen LogP contribution in [0.15, 0.2) is 0 Å². The van der Waals surface area contributed by atoms with Gasteiger partial charge in [-0.25, -0.2) is 0 Å². The molecule has 0 fully saturated rings. The molecule has 0 N–H and O–H groups in total. The Morgan fingerprint density at radius 3 is 1.77 bits per heavy atom. The number of hydrogen-bond donors (Lipinski definition) is 0. The second-order valence-corrected chi connectivity index (χ2v) is 3.81. The molecule has 0 heterocycles. The summed E-state index contributed by atoms with van der Waals surface area (Å²) in [6.07, 6.45) is 6.95. The smallest absolute Gasteiger partial charge is 0.0414 e. The maximum Gasteiger partial charge on any atom is -0.0414 e. The van der Waals surface area contributed by atoms with Crippen molar-refractivity contribution in [1.29, 1.82) is 0 Å². The summed E-state index contributed by atoms with van der Waals surface area (Å²) < 4.78 is 0. The molecule has 0 bridgehead atoms. The predicted molar refractivity (Wildman–Crippen MR) is 64.1 cm³/mol. The molecule has 0 saturated carbocycles. The Labute approximate surface area is 86.1 Å². The first-order valence-electron chi connectivity index (χ1n) is 6.24. The molecule has 0 radical (unpaired) electrons. The third-order valence-electron chi connectivity index (χ3n) is 2.71. The Hall–Kier alpha value is 0. The van der Waals surface area contributed by atoms with E-state index >= 15 is 0 Å². The van der Waals surface area contributed by atoms with Gasteiger partial charge in [0.25, 0.3) is 0 Å². The summed E-state index contributed by atoms with van der Waals surface area (Å²) in [5, 5.41) is 0. The van der Waals surface area contributed by atoms with Crippen LogP contribution in [0, 0.1) is 11.8 Å². The molecule has 0 aromatic rings. The number of rotatable bonds is 6. The zero-order chi connectivity index (χ0) is 10.7. The lowest BCUT2D eigenvalue weighted by Gasteiger charge is -2.17. The van der Waals surface area contributed by atoms with Gasteiger partial charge in [-0.1, -0.05) is 67.2 Å². The van der Waals surface area contributed by atoms with Gasteiger partial charge in [-0.15, -0.1) is 0 Å². The van der Waals surface area contributed by atoms with Crippen molar-refractivity contribution in [2.45, 2.75) is 73.6 Å². The van der Waals surface area contributed by atoms with Crippen molar-refractivity contribution >= 4 is 0 Å². The average molecular weight is 186 g/mol. The van der Waals surface area contributed by atoms with Crippen molar-refractivity contribution in [2.75, 3.05) is 0 Å². The van der Waals surface area contributed by atoms with Gasteiger partial charge in [0.05, 0.1) is 0 Å². The molecule has 13 heavy (non-hydrogen) atoms. The molecular formula is C13H30. The molecule has 0 heteroatoms. The van der Waals surface area contributed by atoms with Gasteiger partial charge in [0, 0.05) is 0 Å². The minimum absolute atomic E-state index is 0.937. The van der Waals surface area contributed by atoms with Gasteiger partial charge < -0.3 is 0 Å². The number of hydrogen-bond acceptors (Lipinski definition) is 0. The zero-order valence-electron chi connectivity index (χ0n) is 10.7. The molecule has 0 aliphatic rings. The van der Waals surface area contributed by atoms with Crippen LogP contribution in [0.2, 0.25) is 0 Å². The monoisotopic (exact) mass is 186 g/mol. The predicted octanol–water partition coefficient (Wildman–Crippen LogP) is 5.28. The molecule has 0 aromatic heterocycles. The lowest BCUT2D eigenvalue weighted by molar-refractivity contribution is 0.352. The molecule has 0 spiro atoms. The van der Waals surface area contributed by atoms with Crippen molar-refractivity contribution in [3.63, 3.8) is 0 Å². The molecule has 0 aliphatic carbocycles. The minimum Gasteiger partial charge on any atom is -0.0683 e. The van der Waals surface area contributed by atoms with Crippen LogP contribution in [-0.2, 0) is 0 Å². The SMILES string of the molecule is CC.CCCC(CC)CC(C)CC. The standard InChI is InChI=1S/C11H24.C2H6/c1-5-8-11(7-3)9-10(4)6-2;1-2/h10-11H,5-9H2,1-4H3;1-2H3. The van der Waals surface area contributed by atoms with Crippen LogP contribution in [0.3, 0.4) is 0 Å². The van der Waals surface area contributed by atoms with Crippen molar-refractivity contribution in [1.82, 2.24) is 0 Å². The van der Waals surface area contributed by atoms with Crippen LogP contribution < -0.4 is 0 Å². The van der Waals surface area contributed by atoms with E-state index in [-0.39, 0.29) is 0 Å². The fourth-order valence-corrected chi connectivity index (χ4v) is 1.63. The Balaban J connectivity index is 0. The average Bonchev–Trinajstić information content (AvgIpc) is 2.20. The maximum atomic E-state index is 2.37. The van der Waals surface area contributed by atoms with Crippen molar-refractivity contribution in [2.24, 2.45) is 11.8 Å². The molecule has 0 rings (SSSR count). The third-order valence-corrected chi connectivity index (χ3v) is 2.71. The van der Waals surface area contributed by atoms with E-state index in [1.807, 2.05) is 13.8 Å². The third kappa shape index (κ3) is 9.92. The highest BCUT2D eigenvalue weighted by molar-refractivity contribution is 4.60. The molecular weight excluding hydrogens is 156 g/mol. The second kappa shape index (κ2) is 12.0. The summed E-state index contributed by atoms with van der Waals surface area (Å²) in [7, 11) is 0. The van der Waals surface area contributed by atoms with E-state index in [2.05, 4.69) is 27.7 Å². The topological polar surface area (TPSA) is 0 Å². The first-order chi connectivity index (χ1) is 6.24. The molecule has 0 saturated heterocycles. The van der Waals surface area contributed by atoms with Gasteiger partial charge >= 0.3 is 0 Å². The van der Waals surface area contributed by atoms with E-state index in [1.165, 1.54) is 32.1 Å². The fourth-order valence-electron chi connectivity index (χ4n) is 1.63. The van der Waals surface area contributed by atoms with Gasteiger partial charge in [0.2, 0.25) is 0 Å². The Kier molecular flexibility index (Phi) is 14.3. The lowest BCUT2D eigenvalue weighted by Crippen LogP contribution is -2.04. The quantitative estimate of drug-likeness (QED) is 0.530. The lowest BCUT2D eigenvalue weighted by atomic mass is 9.89. The summed E-state index contributed by atoms with van der Waals surface area (Å²) in [5.74, 6) is 1.93. The van der Waals surface area contributed by atoms with Gasteiger partial charge in [-0.3, -0.25) is 0 Å². The van der Waals surface area contributed by atoms with Crippen LogP contribution in [0.25, 0.3) is 0 Å². The summed E-state index contributed by atoms with van der Waals surface area (Å²) in [5.41, 5.74) is 0. The Morgan fingerprint density at radius 2 is 1.46 bits per heavy atom. The molecule has 0 nitrogen and oxygen atoms in total. The van der Waals surface area contributed by atoms with Crippen LogP contribution >= 0.6 is 0 Å². The highest BCUT2D eigenvalue weighted by Crippen LogP contribution is 2.21. The van der Waals surface area contributed by atoms with E-state index < -0.39 is 0 Å². The largest absolute Gasteiger partial charge is 0.0683 e. The van der Waals surface area contributed by atoms with E-state index in [0.717, 1.165) is 11.8 Å². The van der Waals surface area contributed by atoms with E-state index in [9.17, 15) is 0 Å². The molecule has 0 amide bonds. The maximum absolute atomic E-state index is 2.37. The van der Waals surface area contributed by atoms with Gasteiger partial charge in [-0.05, 0) is 18.3 Å². The molecule has 82 valence electrons. The van der Waals surface area contributed by atoms with Gasteiger partial charge in [-0.2, -0.15) is 0 Å². The second-order valence-electron chi connectivity index (χ2n) is 3.81. The van der Waals surface area contributed by atoms with Crippen molar-refractivity contribution in [3.8, 4) is 0 Å². The fraction of sp³-hybridized carbons (Fsp3) is 1.00. The molecule has 2 atom stereocenters. The molecule has 0 aromatic carbocycles. The highest BCUT2D eigenvalue weighted by Gasteiger charge is 2.08. The first kappa shape index (κ1) is 15.5. The Bertz CT molecular complexity index is 76.1. The van der Waals surface area contributed by atoms with Crippen LogP contribution in [0.1, 0.15) is 73.6 Å². The van der Waals surface area contributed by atoms with Gasteiger partial charge in [0.15, 0.2) is 0 Å². The van der Waals surface area contributed by atoms with E-state index in [4.69, 9.17) is 0 Å². The highest BCUT2D eigenvalue weighted by atomic mass is 14.1. The van der Waals surface area contributed by atoms with E-state index in [1.54, 1.807) is 0 Å². The Morgan fingerprint density at radius 1 is 0.923 bits per heavy atom. The van der Waals surface area contributed by atoms with Crippen LogP contribution in [-0.4, -0.2) is 0 Å². The van der Waals surface area contributed by atoms with Crippen LogP contribution in [0.5, 0.6) is 0 Å². The molecule has 2 unspecified atom stereocenters. The van der Waals surface area contributed by atoms with Gasteiger partial charge in [0.1, 0.15) is 0 Å². The normalized spacial score (nSPS) is 14.3. The summed E-state index contributed by atoms with van der Waals surface area (Å²) in [6.45, 7) is 13.3.